The Balaban J connectivity index is 1.27. The quantitative estimate of drug-likeness (QED) is 0.189. The minimum Gasteiger partial charge on any atom is -0.253 e. The third-order valence-corrected chi connectivity index (χ3v) is 11.2. The number of hydrogen-bond donors (Lipinski definition) is 0. The molecule has 0 bridgehead atoms. The molecule has 0 unspecified atom stereocenters. The van der Waals surface area contributed by atoms with E-state index in [0.29, 0.717) is 0 Å². The van der Waals surface area contributed by atoms with Gasteiger partial charge in [0.1, 0.15) is 0 Å². The van der Waals surface area contributed by atoms with E-state index in [1.807, 2.05) is 0 Å². The normalized spacial score (nSPS) is 12.2. The molecule has 1 heterocycles. The van der Waals surface area contributed by atoms with E-state index in [0.717, 1.165) is 11.2 Å². The second-order valence-corrected chi connectivity index (χ2v) is 13.8. The first-order valence-corrected chi connectivity index (χ1v) is 17.5. The van der Waals surface area contributed by atoms with Gasteiger partial charge in [0.05, 0.1) is 5.52 Å². The summed E-state index contributed by atoms with van der Waals surface area (Å²) in [5.41, 5.74) is 21.5. The van der Waals surface area contributed by atoms with Crippen molar-refractivity contribution in [2.45, 2.75) is 13.8 Å². The minimum absolute atomic E-state index is 1.06. The number of rotatable bonds is 3. The van der Waals surface area contributed by atoms with Gasteiger partial charge in [-0.1, -0.05) is 140 Å². The van der Waals surface area contributed by atoms with Crippen LogP contribution in [0.15, 0.2) is 152 Å². The van der Waals surface area contributed by atoms with Gasteiger partial charge < -0.3 is 0 Å². The maximum Gasteiger partial charge on any atom is 0.0753 e. The van der Waals surface area contributed by atoms with Crippen molar-refractivity contribution in [1.29, 1.82) is 0 Å². The Hall–Kier alpha value is -6.31. The molecule has 0 amide bonds. The molecule has 8 aromatic carbocycles. The van der Waals surface area contributed by atoms with Crippen molar-refractivity contribution in [3.63, 3.8) is 0 Å². The summed E-state index contributed by atoms with van der Waals surface area (Å²) in [5.74, 6) is 0. The molecular weight excluding hydrogens is 603 g/mol. The van der Waals surface area contributed by atoms with Crippen LogP contribution in [0, 0.1) is 13.8 Å². The zero-order chi connectivity index (χ0) is 33.1. The van der Waals surface area contributed by atoms with Gasteiger partial charge in [-0.3, -0.25) is 4.98 Å². The summed E-state index contributed by atoms with van der Waals surface area (Å²) < 4.78 is 0. The van der Waals surface area contributed by atoms with E-state index < -0.39 is 0 Å². The van der Waals surface area contributed by atoms with Crippen LogP contribution in [0.4, 0.5) is 0 Å². The van der Waals surface area contributed by atoms with Crippen LogP contribution >= 0.6 is 0 Å². The van der Waals surface area contributed by atoms with Crippen molar-refractivity contribution in [2.75, 3.05) is 0 Å². The molecule has 0 saturated carbocycles. The lowest BCUT2D eigenvalue weighted by Gasteiger charge is -2.20. The average Bonchev–Trinajstić information content (AvgIpc) is 3.66. The second kappa shape index (κ2) is 10.1. The van der Waals surface area contributed by atoms with Gasteiger partial charge in [0.2, 0.25) is 0 Å². The molecule has 0 spiro atoms. The lowest BCUT2D eigenvalue weighted by molar-refractivity contribution is 1.25. The van der Waals surface area contributed by atoms with E-state index in [1.165, 1.54) is 110 Å². The Morgan fingerprint density at radius 2 is 0.840 bits per heavy atom. The lowest BCUT2D eigenvalue weighted by atomic mass is 9.82. The summed E-state index contributed by atoms with van der Waals surface area (Å²) in [6, 6.07) is 56.2. The molecule has 2 aliphatic carbocycles. The first-order valence-electron chi connectivity index (χ1n) is 17.5. The van der Waals surface area contributed by atoms with E-state index in [9.17, 15) is 0 Å². The fourth-order valence-corrected chi connectivity index (χ4v) is 9.17. The zero-order valence-corrected chi connectivity index (χ0v) is 27.9. The Kier molecular flexibility index (Phi) is 5.58. The first kappa shape index (κ1) is 27.6. The van der Waals surface area contributed by atoms with Crippen molar-refractivity contribution < 1.29 is 0 Å². The number of nitrogens with zero attached hydrogens (tertiary/aromatic N) is 1. The number of hydrogen-bond acceptors (Lipinski definition) is 1. The highest BCUT2D eigenvalue weighted by Crippen LogP contribution is 2.59. The molecule has 1 heteroatoms. The number of aryl methyl sites for hydroxylation is 2. The highest BCUT2D eigenvalue weighted by atomic mass is 14.7. The van der Waals surface area contributed by atoms with E-state index in [4.69, 9.17) is 4.98 Å². The van der Waals surface area contributed by atoms with Crippen molar-refractivity contribution in [3.05, 3.63) is 163 Å². The van der Waals surface area contributed by atoms with E-state index in [2.05, 4.69) is 166 Å². The van der Waals surface area contributed by atoms with Gasteiger partial charge >= 0.3 is 0 Å². The molecule has 50 heavy (non-hydrogen) atoms. The third-order valence-electron chi connectivity index (χ3n) is 11.2. The summed E-state index contributed by atoms with van der Waals surface area (Å²) in [4.78, 5) is 5.19. The Morgan fingerprint density at radius 3 is 1.48 bits per heavy atom. The highest BCUT2D eigenvalue weighted by molar-refractivity contribution is 6.29. The monoisotopic (exact) mass is 633 g/mol. The fraction of sp³-hybridized carbons (Fsp3) is 0.0408. The third kappa shape index (κ3) is 3.59. The highest BCUT2D eigenvalue weighted by Gasteiger charge is 2.32. The van der Waals surface area contributed by atoms with Crippen molar-refractivity contribution in [1.82, 2.24) is 4.98 Å². The van der Waals surface area contributed by atoms with Crippen LogP contribution in [-0.2, 0) is 0 Å². The van der Waals surface area contributed by atoms with E-state index >= 15 is 0 Å². The summed E-state index contributed by atoms with van der Waals surface area (Å²) in [7, 11) is 0. The molecule has 0 aliphatic heterocycles. The summed E-state index contributed by atoms with van der Waals surface area (Å²) in [6.45, 7) is 4.39. The van der Waals surface area contributed by atoms with Crippen LogP contribution in [0.1, 0.15) is 11.3 Å². The molecule has 0 saturated heterocycles. The topological polar surface area (TPSA) is 12.9 Å². The minimum atomic E-state index is 1.06. The summed E-state index contributed by atoms with van der Waals surface area (Å²) in [5, 5.41) is 6.46. The summed E-state index contributed by atoms with van der Waals surface area (Å²) >= 11 is 0. The predicted octanol–water partition coefficient (Wildman–Crippen LogP) is 13.5. The van der Waals surface area contributed by atoms with Crippen molar-refractivity contribution in [2.24, 2.45) is 0 Å². The molecule has 2 aliphatic rings. The predicted molar refractivity (Wildman–Crippen MR) is 211 cm³/mol. The first-order chi connectivity index (χ1) is 24.7. The molecule has 1 aromatic heterocycles. The molecular formula is C49H31N. The maximum absolute atomic E-state index is 5.19. The largest absolute Gasteiger partial charge is 0.253 e. The maximum atomic E-state index is 5.19. The van der Waals surface area contributed by atoms with Gasteiger partial charge in [-0.05, 0) is 131 Å². The fourth-order valence-electron chi connectivity index (χ4n) is 9.17. The molecule has 0 radical (unpaired) electrons. The number of benzene rings is 8. The molecule has 1 nitrogen and oxygen atoms in total. The van der Waals surface area contributed by atoms with E-state index in [-0.39, 0.29) is 0 Å². The van der Waals surface area contributed by atoms with E-state index in [1.54, 1.807) is 0 Å². The molecule has 0 N–H and O–H groups in total. The zero-order valence-electron chi connectivity index (χ0n) is 27.9. The molecule has 232 valence electrons. The Labute approximate surface area is 291 Å². The van der Waals surface area contributed by atoms with Crippen LogP contribution in [0.5, 0.6) is 0 Å². The van der Waals surface area contributed by atoms with Gasteiger partial charge in [0, 0.05) is 11.1 Å². The standard InChI is InChI=1S/C49H31N/c1-28-26-41-32-18-9-10-19-33(32)42-27-40(29(2)49(50-28)46(41)42)34-24-25-39-45-35(34)22-13-23-38(45)47-43(30-14-5-3-6-15-30)36-20-11-12-21-37(36)44(48(39)47)31-16-7-4-8-17-31/h3-27H,1-2H3. The van der Waals surface area contributed by atoms with Crippen molar-refractivity contribution >= 4 is 32.4 Å². The van der Waals surface area contributed by atoms with Crippen LogP contribution in [0.2, 0.25) is 0 Å². The van der Waals surface area contributed by atoms with Crippen LogP contribution < -0.4 is 0 Å². The molecule has 9 aromatic rings. The summed E-state index contributed by atoms with van der Waals surface area (Å²) in [6.07, 6.45) is 0. The Morgan fingerprint density at radius 1 is 0.340 bits per heavy atom. The SMILES string of the molecule is Cc1cc2c3c(cc(-c4ccc5c6c(cccc46)-c4c-5c(-c5ccccc5)c5ccccc5c4-c4ccccc4)c(C)c3n1)-c1ccccc1-2. The van der Waals surface area contributed by atoms with Crippen LogP contribution in [-0.4, -0.2) is 4.98 Å². The lowest BCUT2D eigenvalue weighted by Crippen LogP contribution is -1.94. The number of aromatic nitrogens is 1. The van der Waals surface area contributed by atoms with Gasteiger partial charge in [0.15, 0.2) is 0 Å². The second-order valence-electron chi connectivity index (χ2n) is 13.8. The van der Waals surface area contributed by atoms with Crippen molar-refractivity contribution in [3.8, 4) is 77.9 Å². The van der Waals surface area contributed by atoms with Crippen LogP contribution in [0.25, 0.3) is 110 Å². The molecule has 0 atom stereocenters. The number of pyridine rings is 1. The average molecular weight is 634 g/mol. The van der Waals surface area contributed by atoms with Crippen LogP contribution in [0.3, 0.4) is 0 Å². The Bertz CT molecular complexity index is 2820. The molecule has 0 fully saturated rings. The molecule has 11 rings (SSSR count). The van der Waals surface area contributed by atoms with Gasteiger partial charge in [-0.2, -0.15) is 0 Å². The number of fused-ring (bicyclic) bond motifs is 7. The smallest absolute Gasteiger partial charge is 0.0753 e. The van der Waals surface area contributed by atoms with Gasteiger partial charge in [-0.15, -0.1) is 0 Å². The van der Waals surface area contributed by atoms with Gasteiger partial charge in [-0.25, -0.2) is 0 Å². The van der Waals surface area contributed by atoms with Gasteiger partial charge in [0.25, 0.3) is 0 Å².